The van der Waals surface area contributed by atoms with Gasteiger partial charge in [0.05, 0.1) is 39.6 Å². The summed E-state index contributed by atoms with van der Waals surface area (Å²) >= 11 is 0. The Morgan fingerprint density at radius 3 is 0.678 bits per heavy atom. The van der Waals surface area contributed by atoms with Crippen molar-refractivity contribution in [1.82, 2.24) is 0 Å². The third-order valence-corrected chi connectivity index (χ3v) is 18.2. The van der Waals surface area contributed by atoms with E-state index in [4.69, 9.17) is 28.4 Å². The lowest BCUT2D eigenvalue weighted by atomic mass is 9.94. The number of fused-ring (bicyclic) bond motifs is 12. The number of benzene rings is 9. The Kier molecular flexibility index (Phi) is 24.8. The standard InChI is InChI=1S/C84H102O6/c1-7-13-19-31-49-85-79-58-76-67-40-28-25-37-64(67)61-43-44-62-56-74-71(83(89-53-35-23-17-11-5)80(86-50-32-20-14-8-2)59-77(74)68-41-29-26-38-65(62)68)47-48-72-75-57-63(45-46-70(73(76)55-61)82(79)88-52-34-22-16-10-4)66-39-27-30-42-69(66)78(75)60-81(87-51-33-21-15-9-3)84(72)90-54-36-24-18-12-6/h25-30,37-48,55-60H,7-24,31-36,49-54H2,1-6H3. The molecule has 474 valence electrons. The first-order valence-corrected chi connectivity index (χ1v) is 35.4. The fourth-order valence-electron chi connectivity index (χ4n) is 13.2. The van der Waals surface area contributed by atoms with Crippen molar-refractivity contribution in [3.8, 4) is 34.5 Å². The summed E-state index contributed by atoms with van der Waals surface area (Å²) < 4.78 is 42.6. The van der Waals surface area contributed by atoms with Gasteiger partial charge in [-0.2, -0.15) is 0 Å². The first kappa shape index (κ1) is 65.5. The molecule has 90 heavy (non-hydrogen) atoms. The molecular formula is C84H102O6. The molecule has 6 bridgehead atoms. The Morgan fingerprint density at radius 2 is 0.411 bits per heavy atom. The van der Waals surface area contributed by atoms with Crippen molar-refractivity contribution in [3.05, 3.63) is 146 Å². The molecule has 0 fully saturated rings. The summed E-state index contributed by atoms with van der Waals surface area (Å²) in [6, 6.07) is 54.8. The van der Waals surface area contributed by atoms with Gasteiger partial charge in [0.25, 0.3) is 0 Å². The maximum Gasteiger partial charge on any atom is 0.169 e. The van der Waals surface area contributed by atoms with Gasteiger partial charge in [0.15, 0.2) is 34.5 Å². The van der Waals surface area contributed by atoms with Crippen molar-refractivity contribution in [1.29, 1.82) is 0 Å². The molecule has 0 aliphatic carbocycles. The van der Waals surface area contributed by atoms with E-state index in [0.29, 0.717) is 39.6 Å². The molecule has 0 unspecified atom stereocenters. The van der Waals surface area contributed by atoms with E-state index in [1.54, 1.807) is 0 Å². The van der Waals surface area contributed by atoms with Gasteiger partial charge in [0.2, 0.25) is 0 Å². The highest BCUT2D eigenvalue weighted by atomic mass is 16.5. The molecule has 6 heteroatoms. The number of ether oxygens (including phenoxy) is 6. The summed E-state index contributed by atoms with van der Waals surface area (Å²) in [4.78, 5) is 0. The SMILES string of the molecule is CCCCCCOc1cc2c3cc(ccc4cc5c(ccc6c(OCCCCCC)c(OCCCCCC)cc7c6cc(ccc3c1OCCCCCC)c1ccccc17)c(OCCCCCC)c(OCCCCCC)cc5c1ccccc41)c1ccccc12. The van der Waals surface area contributed by atoms with Gasteiger partial charge in [-0.05, 0) is 174 Å². The van der Waals surface area contributed by atoms with E-state index in [0.717, 1.165) is 213 Å². The monoisotopic (exact) mass is 1210 g/mol. The summed E-state index contributed by atoms with van der Waals surface area (Å²) in [5.74, 6) is 4.75. The van der Waals surface area contributed by atoms with Crippen LogP contribution in [0.25, 0.3) is 97.0 Å². The average Bonchev–Trinajstić information content (AvgIpc) is 0.795. The maximum atomic E-state index is 7.24. The Morgan fingerprint density at radius 1 is 0.189 bits per heavy atom. The molecule has 10 aromatic carbocycles. The van der Waals surface area contributed by atoms with Crippen molar-refractivity contribution in [2.75, 3.05) is 39.6 Å². The molecule has 0 aliphatic rings. The normalized spacial score (nSPS) is 11.7. The lowest BCUT2D eigenvalue weighted by Gasteiger charge is -2.19. The molecule has 10 rings (SSSR count). The molecule has 0 amide bonds. The van der Waals surface area contributed by atoms with E-state index < -0.39 is 0 Å². The molecule has 0 radical (unpaired) electrons. The lowest BCUT2D eigenvalue weighted by Crippen LogP contribution is -2.04. The second kappa shape index (κ2) is 34.1. The molecule has 0 aliphatic heterocycles. The number of unbranched alkanes of at least 4 members (excludes halogenated alkanes) is 18. The van der Waals surface area contributed by atoms with Gasteiger partial charge in [-0.1, -0.05) is 248 Å². The Balaban J connectivity index is 1.39. The van der Waals surface area contributed by atoms with Crippen molar-refractivity contribution in [3.63, 3.8) is 0 Å². The highest BCUT2D eigenvalue weighted by Gasteiger charge is 2.21. The third kappa shape index (κ3) is 16.0. The molecular weight excluding hydrogens is 1100 g/mol. The van der Waals surface area contributed by atoms with Crippen LogP contribution < -0.4 is 28.4 Å². The molecule has 0 atom stereocenters. The van der Waals surface area contributed by atoms with Crippen LogP contribution in [0.15, 0.2) is 146 Å². The summed E-state index contributed by atoms with van der Waals surface area (Å²) in [6.07, 6.45) is 26.5. The molecule has 0 saturated heterocycles. The molecule has 0 spiro atoms. The smallest absolute Gasteiger partial charge is 0.169 e. The van der Waals surface area contributed by atoms with Crippen molar-refractivity contribution in [2.45, 2.75) is 196 Å². The summed E-state index contributed by atoms with van der Waals surface area (Å²) in [7, 11) is 0. The third-order valence-electron chi connectivity index (χ3n) is 18.2. The predicted octanol–water partition coefficient (Wildman–Crippen LogP) is 25.5. The zero-order valence-electron chi connectivity index (χ0n) is 55.5. The zero-order valence-corrected chi connectivity index (χ0v) is 55.5. The second-order valence-electron chi connectivity index (χ2n) is 25.1. The van der Waals surface area contributed by atoms with Gasteiger partial charge in [0, 0.05) is 16.2 Å². The predicted molar refractivity (Wildman–Crippen MR) is 388 cm³/mol. The highest BCUT2D eigenvalue weighted by Crippen LogP contribution is 2.47. The molecule has 0 saturated carbocycles. The summed E-state index contributed by atoms with van der Waals surface area (Å²) in [6.45, 7) is 17.2. The lowest BCUT2D eigenvalue weighted by molar-refractivity contribution is 0.261. The largest absolute Gasteiger partial charge is 0.490 e. The van der Waals surface area contributed by atoms with Gasteiger partial charge >= 0.3 is 0 Å². The van der Waals surface area contributed by atoms with E-state index in [2.05, 4.69) is 187 Å². The number of hydrogen-bond acceptors (Lipinski definition) is 6. The Labute approximate surface area is 537 Å². The topological polar surface area (TPSA) is 55.4 Å². The van der Waals surface area contributed by atoms with E-state index in [9.17, 15) is 0 Å². The fraction of sp³-hybridized carbons (Fsp3) is 0.429. The maximum absolute atomic E-state index is 7.24. The van der Waals surface area contributed by atoms with E-state index in [-0.39, 0.29) is 0 Å². The zero-order chi connectivity index (χ0) is 62.3. The van der Waals surface area contributed by atoms with Crippen LogP contribution in [0, 0.1) is 0 Å². The van der Waals surface area contributed by atoms with Crippen LogP contribution in [-0.4, -0.2) is 39.6 Å². The van der Waals surface area contributed by atoms with Crippen LogP contribution >= 0.6 is 0 Å². The first-order valence-electron chi connectivity index (χ1n) is 35.4. The van der Waals surface area contributed by atoms with Crippen molar-refractivity contribution >= 4 is 97.0 Å². The Bertz CT molecular complexity index is 4080. The number of rotatable bonds is 36. The van der Waals surface area contributed by atoms with E-state index in [1.807, 2.05) is 0 Å². The van der Waals surface area contributed by atoms with Gasteiger partial charge < -0.3 is 28.4 Å². The van der Waals surface area contributed by atoms with Crippen molar-refractivity contribution < 1.29 is 28.4 Å². The quantitative estimate of drug-likeness (QED) is 0.0288. The molecule has 0 heterocycles. The van der Waals surface area contributed by atoms with Crippen LogP contribution in [-0.2, 0) is 0 Å². The van der Waals surface area contributed by atoms with Crippen LogP contribution in [0.3, 0.4) is 0 Å². The van der Waals surface area contributed by atoms with Crippen LogP contribution in [0.1, 0.15) is 196 Å². The fourth-order valence-corrected chi connectivity index (χ4v) is 13.2. The molecule has 6 nitrogen and oxygen atoms in total. The minimum Gasteiger partial charge on any atom is -0.490 e. The second-order valence-corrected chi connectivity index (χ2v) is 25.1. The minimum absolute atomic E-state index is 0.582. The molecule has 0 aromatic heterocycles. The van der Waals surface area contributed by atoms with Gasteiger partial charge in [-0.25, -0.2) is 0 Å². The highest BCUT2D eigenvalue weighted by molar-refractivity contribution is 6.24. The van der Waals surface area contributed by atoms with E-state index >= 15 is 0 Å². The van der Waals surface area contributed by atoms with E-state index in [1.165, 1.54) is 72.9 Å². The van der Waals surface area contributed by atoms with Gasteiger partial charge in [-0.15, -0.1) is 0 Å². The first-order chi connectivity index (χ1) is 44.5. The Hall–Kier alpha value is -7.44. The number of hydrogen-bond donors (Lipinski definition) is 0. The molecule has 10 aromatic rings. The average molecular weight is 1210 g/mol. The van der Waals surface area contributed by atoms with Crippen LogP contribution in [0.4, 0.5) is 0 Å². The van der Waals surface area contributed by atoms with Crippen LogP contribution in [0.2, 0.25) is 0 Å². The molecule has 0 N–H and O–H groups in total. The summed E-state index contributed by atoms with van der Waals surface area (Å²) in [5, 5.41) is 20.1. The van der Waals surface area contributed by atoms with Gasteiger partial charge in [0.1, 0.15) is 0 Å². The van der Waals surface area contributed by atoms with Crippen molar-refractivity contribution in [2.24, 2.45) is 0 Å². The summed E-state index contributed by atoms with van der Waals surface area (Å²) in [5.41, 5.74) is 0. The van der Waals surface area contributed by atoms with Crippen LogP contribution in [0.5, 0.6) is 34.5 Å². The van der Waals surface area contributed by atoms with Gasteiger partial charge in [-0.3, -0.25) is 0 Å². The minimum atomic E-state index is 0.582.